The molecule has 7 nitrogen and oxygen atoms in total. The predicted octanol–water partition coefficient (Wildman–Crippen LogP) is 0.416. The van der Waals surface area contributed by atoms with Crippen molar-refractivity contribution in [3.8, 4) is 0 Å². The van der Waals surface area contributed by atoms with Gasteiger partial charge in [-0.15, -0.1) is 0 Å². The lowest BCUT2D eigenvalue weighted by Crippen LogP contribution is -2.41. The van der Waals surface area contributed by atoms with Crippen molar-refractivity contribution >= 4 is 11.8 Å². The second-order valence-corrected chi connectivity index (χ2v) is 6.67. The molecule has 2 amide bonds. The maximum atomic E-state index is 12.5. The van der Waals surface area contributed by atoms with Gasteiger partial charge in [-0.05, 0) is 33.4 Å². The number of aromatic nitrogens is 2. The Kier molecular flexibility index (Phi) is 6.36. The molecule has 1 aromatic heterocycles. The van der Waals surface area contributed by atoms with Crippen LogP contribution in [-0.2, 0) is 16.1 Å². The number of rotatable bonds is 5. The Morgan fingerprint density at radius 2 is 2.04 bits per heavy atom. The highest BCUT2D eigenvalue weighted by atomic mass is 16.2. The van der Waals surface area contributed by atoms with E-state index in [2.05, 4.69) is 15.3 Å². The first-order valence-electron chi connectivity index (χ1n) is 8.59. The summed E-state index contributed by atoms with van der Waals surface area (Å²) in [5, 5.41) is 7.12. The summed E-state index contributed by atoms with van der Waals surface area (Å²) in [6.45, 7) is 7.43. The molecule has 1 aromatic rings. The largest absolute Gasteiger partial charge is 0.359 e. The van der Waals surface area contributed by atoms with Crippen molar-refractivity contribution in [1.82, 2.24) is 24.9 Å². The van der Waals surface area contributed by atoms with Crippen LogP contribution in [0.3, 0.4) is 0 Å². The van der Waals surface area contributed by atoms with E-state index in [1.807, 2.05) is 36.5 Å². The number of carbonyl (C=O) groups excluding carboxylic acids is 2. The molecule has 1 saturated heterocycles. The normalized spacial score (nSPS) is 19.2. The molecule has 1 N–H and O–H groups in total. The molecule has 7 heteroatoms. The molecule has 0 spiro atoms. The van der Waals surface area contributed by atoms with Crippen LogP contribution in [-0.4, -0.2) is 71.7 Å². The van der Waals surface area contributed by atoms with E-state index in [9.17, 15) is 9.59 Å². The van der Waals surface area contributed by atoms with E-state index in [-0.39, 0.29) is 17.7 Å². The third-order valence-corrected chi connectivity index (χ3v) is 4.56. The average molecular weight is 335 g/mol. The van der Waals surface area contributed by atoms with Crippen molar-refractivity contribution < 1.29 is 9.59 Å². The maximum Gasteiger partial charge on any atom is 0.225 e. The highest BCUT2D eigenvalue weighted by Crippen LogP contribution is 2.12. The molecule has 134 valence electrons. The van der Waals surface area contributed by atoms with Crippen LogP contribution in [0.2, 0.25) is 0 Å². The van der Waals surface area contributed by atoms with Gasteiger partial charge in [-0.2, -0.15) is 5.10 Å². The van der Waals surface area contributed by atoms with E-state index < -0.39 is 0 Å². The summed E-state index contributed by atoms with van der Waals surface area (Å²) in [6.07, 6.45) is 1.25. The van der Waals surface area contributed by atoms with E-state index >= 15 is 0 Å². The van der Waals surface area contributed by atoms with Crippen LogP contribution < -0.4 is 5.32 Å². The zero-order chi connectivity index (χ0) is 17.7. The Bertz CT molecular complexity index is 584. The van der Waals surface area contributed by atoms with Crippen molar-refractivity contribution in [2.75, 3.05) is 40.3 Å². The molecule has 0 radical (unpaired) electrons. The van der Waals surface area contributed by atoms with Gasteiger partial charge in [0.1, 0.15) is 0 Å². The molecular formula is C17H29N5O2. The van der Waals surface area contributed by atoms with Gasteiger partial charge in [0.2, 0.25) is 11.8 Å². The van der Waals surface area contributed by atoms with E-state index in [1.54, 1.807) is 7.05 Å². The number of aryl methyl sites for hydroxylation is 3. The van der Waals surface area contributed by atoms with Crippen molar-refractivity contribution in [3.05, 3.63) is 17.5 Å². The standard InChI is InChI=1S/C17H29N5O2/c1-13-10-14(2)22(19-13)7-5-6-16(23)21-9-8-20(4)11-15(12-21)17(24)18-3/h10,15H,5-9,11-12H2,1-4H3,(H,18,24)/t15-/m0/s1. The monoisotopic (exact) mass is 335 g/mol. The third kappa shape index (κ3) is 4.80. The topological polar surface area (TPSA) is 70.5 Å². The van der Waals surface area contributed by atoms with E-state index in [4.69, 9.17) is 0 Å². The fraction of sp³-hybridized carbons (Fsp3) is 0.706. The quantitative estimate of drug-likeness (QED) is 0.846. The second-order valence-electron chi connectivity index (χ2n) is 6.67. The van der Waals surface area contributed by atoms with Gasteiger partial charge in [0.05, 0.1) is 11.6 Å². The molecule has 1 fully saturated rings. The van der Waals surface area contributed by atoms with Crippen molar-refractivity contribution in [1.29, 1.82) is 0 Å². The lowest BCUT2D eigenvalue weighted by atomic mass is 10.1. The predicted molar refractivity (Wildman–Crippen MR) is 92.6 cm³/mol. The van der Waals surface area contributed by atoms with Crippen LogP contribution in [0, 0.1) is 19.8 Å². The van der Waals surface area contributed by atoms with Gasteiger partial charge < -0.3 is 15.1 Å². The van der Waals surface area contributed by atoms with Crippen molar-refractivity contribution in [2.45, 2.75) is 33.2 Å². The van der Waals surface area contributed by atoms with Crippen LogP contribution in [0.1, 0.15) is 24.2 Å². The van der Waals surface area contributed by atoms with Crippen LogP contribution in [0.4, 0.5) is 0 Å². The highest BCUT2D eigenvalue weighted by Gasteiger charge is 2.28. The first-order valence-corrected chi connectivity index (χ1v) is 8.59. The van der Waals surface area contributed by atoms with Crippen LogP contribution in [0.5, 0.6) is 0 Å². The summed E-state index contributed by atoms with van der Waals surface area (Å²) in [4.78, 5) is 28.5. The zero-order valence-corrected chi connectivity index (χ0v) is 15.2. The van der Waals surface area contributed by atoms with Crippen LogP contribution >= 0.6 is 0 Å². The van der Waals surface area contributed by atoms with Gasteiger partial charge in [-0.25, -0.2) is 0 Å². The second kappa shape index (κ2) is 8.28. The van der Waals surface area contributed by atoms with Gasteiger partial charge in [0.25, 0.3) is 0 Å². The Balaban J connectivity index is 1.88. The van der Waals surface area contributed by atoms with E-state index in [0.717, 1.165) is 30.9 Å². The Labute approximate surface area is 144 Å². The minimum atomic E-state index is -0.164. The minimum absolute atomic E-state index is 0.00388. The van der Waals surface area contributed by atoms with Gasteiger partial charge in [0.15, 0.2) is 0 Å². The number of carbonyl (C=O) groups is 2. The number of amides is 2. The van der Waals surface area contributed by atoms with Crippen LogP contribution in [0.25, 0.3) is 0 Å². The molecule has 2 heterocycles. The number of nitrogens with one attached hydrogen (secondary N) is 1. The van der Waals surface area contributed by atoms with Gasteiger partial charge in [-0.1, -0.05) is 0 Å². The summed E-state index contributed by atoms with van der Waals surface area (Å²) in [7, 11) is 3.64. The van der Waals surface area contributed by atoms with Gasteiger partial charge in [0, 0.05) is 51.9 Å². The summed E-state index contributed by atoms with van der Waals surface area (Å²) in [5.41, 5.74) is 2.12. The molecule has 0 saturated carbocycles. The number of hydrogen-bond donors (Lipinski definition) is 1. The van der Waals surface area contributed by atoms with E-state index in [1.165, 1.54) is 0 Å². The Morgan fingerprint density at radius 3 is 2.67 bits per heavy atom. The molecule has 0 unspecified atom stereocenters. The first-order chi connectivity index (χ1) is 11.4. The smallest absolute Gasteiger partial charge is 0.225 e. The third-order valence-electron chi connectivity index (χ3n) is 4.56. The molecule has 24 heavy (non-hydrogen) atoms. The minimum Gasteiger partial charge on any atom is -0.359 e. The molecule has 0 aromatic carbocycles. The van der Waals surface area contributed by atoms with Crippen molar-refractivity contribution in [3.63, 3.8) is 0 Å². The van der Waals surface area contributed by atoms with Crippen LogP contribution in [0.15, 0.2) is 6.07 Å². The van der Waals surface area contributed by atoms with E-state index in [0.29, 0.717) is 26.1 Å². The molecule has 1 atom stereocenters. The molecule has 0 bridgehead atoms. The zero-order valence-electron chi connectivity index (χ0n) is 15.2. The number of likely N-dealkylation sites (N-methyl/N-ethyl adjacent to an activating group) is 1. The first kappa shape index (κ1) is 18.4. The summed E-state index contributed by atoms with van der Waals surface area (Å²) in [5.74, 6) is -0.0348. The average Bonchev–Trinajstić information content (AvgIpc) is 2.74. The summed E-state index contributed by atoms with van der Waals surface area (Å²) >= 11 is 0. The van der Waals surface area contributed by atoms with Crippen molar-refractivity contribution in [2.24, 2.45) is 5.92 Å². The lowest BCUT2D eigenvalue weighted by Gasteiger charge is -2.23. The fourth-order valence-corrected chi connectivity index (χ4v) is 3.21. The Morgan fingerprint density at radius 1 is 1.29 bits per heavy atom. The molecule has 1 aliphatic rings. The van der Waals surface area contributed by atoms with Gasteiger partial charge in [-0.3, -0.25) is 14.3 Å². The fourth-order valence-electron chi connectivity index (χ4n) is 3.21. The molecule has 0 aliphatic carbocycles. The highest BCUT2D eigenvalue weighted by molar-refractivity contribution is 5.81. The SMILES string of the molecule is CNC(=O)[C@H]1CN(C)CCN(C(=O)CCCn2nc(C)cc2C)C1. The molecule has 2 rings (SSSR count). The number of hydrogen-bond acceptors (Lipinski definition) is 4. The number of nitrogens with zero attached hydrogens (tertiary/aromatic N) is 4. The summed E-state index contributed by atoms with van der Waals surface area (Å²) < 4.78 is 1.95. The molecular weight excluding hydrogens is 306 g/mol. The maximum absolute atomic E-state index is 12.5. The Hall–Kier alpha value is -1.89. The lowest BCUT2D eigenvalue weighted by molar-refractivity contribution is -0.133. The molecule has 1 aliphatic heterocycles. The van der Waals surface area contributed by atoms with Gasteiger partial charge >= 0.3 is 0 Å². The summed E-state index contributed by atoms with van der Waals surface area (Å²) in [6, 6.07) is 2.04.